The highest BCUT2D eigenvalue weighted by Gasteiger charge is 2.23. The van der Waals surface area contributed by atoms with Gasteiger partial charge in [0.2, 0.25) is 0 Å². The minimum atomic E-state index is -0.510. The molecule has 0 saturated carbocycles. The summed E-state index contributed by atoms with van der Waals surface area (Å²) in [5.41, 5.74) is 5.44. The van der Waals surface area contributed by atoms with Gasteiger partial charge in [-0.2, -0.15) is 0 Å². The predicted octanol–water partition coefficient (Wildman–Crippen LogP) is 0.404. The van der Waals surface area contributed by atoms with Crippen LogP contribution in [0.4, 0.5) is 0 Å². The molecule has 1 aliphatic heterocycles. The van der Waals surface area contributed by atoms with E-state index in [0.717, 1.165) is 32.5 Å². The van der Waals surface area contributed by atoms with Gasteiger partial charge < -0.3 is 20.7 Å². The van der Waals surface area contributed by atoms with Gasteiger partial charge in [0.1, 0.15) is 6.10 Å². The number of hydrogen-bond acceptors (Lipinski definition) is 4. The number of nitrogens with two attached hydrogens (primary N) is 1. The number of methoxy groups -OCH3 is 1. The lowest BCUT2D eigenvalue weighted by molar-refractivity contribution is -0.131. The van der Waals surface area contributed by atoms with Crippen molar-refractivity contribution in [2.45, 2.75) is 31.9 Å². The first kappa shape index (κ1) is 20.3. The number of rotatable bonds is 5. The summed E-state index contributed by atoms with van der Waals surface area (Å²) < 4.78 is 5.00. The fourth-order valence-corrected chi connectivity index (χ4v) is 2.00. The van der Waals surface area contributed by atoms with Gasteiger partial charge in [-0.3, -0.25) is 4.79 Å². The Morgan fingerprint density at radius 3 is 2.39 bits per heavy atom. The van der Waals surface area contributed by atoms with Crippen molar-refractivity contribution >= 4 is 30.7 Å². The average Bonchev–Trinajstić information content (AvgIpc) is 2.31. The molecule has 1 heterocycles. The van der Waals surface area contributed by atoms with E-state index >= 15 is 0 Å². The third-order valence-corrected chi connectivity index (χ3v) is 3.17. The van der Waals surface area contributed by atoms with Gasteiger partial charge >= 0.3 is 0 Å². The summed E-state index contributed by atoms with van der Waals surface area (Å²) in [6, 6.07) is 0.277. The number of nitrogens with one attached hydrogen (secondary N) is 1. The molecule has 0 aromatic heterocycles. The zero-order valence-electron chi connectivity index (χ0n) is 11.1. The maximum Gasteiger partial charge on any atom is 0.250 e. The van der Waals surface area contributed by atoms with Gasteiger partial charge in [-0.05, 0) is 19.4 Å². The van der Waals surface area contributed by atoms with E-state index in [-0.39, 0.29) is 43.3 Å². The van der Waals surface area contributed by atoms with Crippen LogP contribution in [0.15, 0.2) is 0 Å². The van der Waals surface area contributed by atoms with Crippen LogP contribution in [0.5, 0.6) is 0 Å². The van der Waals surface area contributed by atoms with Gasteiger partial charge in [-0.1, -0.05) is 6.92 Å². The lowest BCUT2D eigenvalue weighted by Crippen LogP contribution is -2.49. The second-order valence-corrected chi connectivity index (χ2v) is 4.18. The normalized spacial score (nSPS) is 18.4. The molecule has 0 aliphatic carbocycles. The van der Waals surface area contributed by atoms with Crippen molar-refractivity contribution in [3.8, 4) is 0 Å². The lowest BCUT2D eigenvalue weighted by atomic mass is 10.0. The van der Waals surface area contributed by atoms with Gasteiger partial charge in [0.15, 0.2) is 0 Å². The van der Waals surface area contributed by atoms with E-state index in [9.17, 15) is 4.79 Å². The molecule has 1 aliphatic rings. The van der Waals surface area contributed by atoms with Crippen LogP contribution in [0.2, 0.25) is 0 Å². The van der Waals surface area contributed by atoms with Crippen molar-refractivity contribution in [1.29, 1.82) is 0 Å². The minimum absolute atomic E-state index is 0. The first-order valence-corrected chi connectivity index (χ1v) is 5.96. The van der Waals surface area contributed by atoms with Crippen molar-refractivity contribution in [2.75, 3.05) is 33.3 Å². The molecule has 5 nitrogen and oxygen atoms in total. The highest BCUT2D eigenvalue weighted by atomic mass is 35.5. The molecular weight excluding hydrogens is 277 g/mol. The van der Waals surface area contributed by atoms with E-state index in [1.54, 1.807) is 0 Å². The van der Waals surface area contributed by atoms with Gasteiger partial charge in [0.25, 0.3) is 5.91 Å². The van der Waals surface area contributed by atoms with Crippen molar-refractivity contribution in [1.82, 2.24) is 10.2 Å². The van der Waals surface area contributed by atoms with E-state index < -0.39 is 6.10 Å². The fourth-order valence-electron chi connectivity index (χ4n) is 2.00. The van der Waals surface area contributed by atoms with Crippen LogP contribution in [0.1, 0.15) is 19.8 Å². The van der Waals surface area contributed by atoms with Crippen molar-refractivity contribution in [2.24, 2.45) is 5.73 Å². The van der Waals surface area contributed by atoms with Gasteiger partial charge in [-0.15, -0.1) is 24.8 Å². The molecule has 0 spiro atoms. The fraction of sp³-hybridized carbons (Fsp3) is 0.909. The van der Waals surface area contributed by atoms with Crippen molar-refractivity contribution in [3.63, 3.8) is 0 Å². The molecule has 1 fully saturated rings. The van der Waals surface area contributed by atoms with Crippen LogP contribution in [0.3, 0.4) is 0 Å². The highest BCUT2D eigenvalue weighted by Crippen LogP contribution is 2.09. The van der Waals surface area contributed by atoms with Crippen LogP contribution >= 0.6 is 24.8 Å². The topological polar surface area (TPSA) is 67.6 Å². The third-order valence-electron chi connectivity index (χ3n) is 3.17. The van der Waals surface area contributed by atoms with Gasteiger partial charge in [-0.25, -0.2) is 0 Å². The number of nitrogens with zero attached hydrogens (tertiary/aromatic N) is 1. The van der Waals surface area contributed by atoms with Crippen LogP contribution in [0.25, 0.3) is 0 Å². The Morgan fingerprint density at radius 2 is 2.00 bits per heavy atom. The first-order chi connectivity index (χ1) is 7.71. The molecule has 3 N–H and O–H groups in total. The summed E-state index contributed by atoms with van der Waals surface area (Å²) in [6.07, 6.45) is 1.52. The Bertz CT molecular complexity index is 220. The van der Waals surface area contributed by atoms with Crippen molar-refractivity contribution in [3.05, 3.63) is 0 Å². The summed E-state index contributed by atoms with van der Waals surface area (Å²) >= 11 is 0. The highest BCUT2D eigenvalue weighted by molar-refractivity contribution is 5.85. The summed E-state index contributed by atoms with van der Waals surface area (Å²) in [5, 5.41) is 2.99. The second-order valence-electron chi connectivity index (χ2n) is 4.18. The molecule has 110 valence electrons. The molecule has 1 amide bonds. The maximum atomic E-state index is 11.7. The van der Waals surface area contributed by atoms with Crippen LogP contribution in [-0.2, 0) is 9.53 Å². The molecule has 1 saturated heterocycles. The Hall–Kier alpha value is -0.0700. The number of carbonyl (C=O) groups excluding carboxylic acids is 1. The van der Waals surface area contributed by atoms with E-state index in [2.05, 4.69) is 17.1 Å². The summed E-state index contributed by atoms with van der Waals surface area (Å²) in [4.78, 5) is 14.1. The molecule has 0 aromatic rings. The quantitative estimate of drug-likeness (QED) is 0.772. The standard InChI is InChI=1S/C11H23N3O2.2ClH/c1-3-14-6-4-9(5-7-14)13-11(15)10(8-12)16-2;;/h9-10H,3-8,12H2,1-2H3,(H,13,15);2*1H. The lowest BCUT2D eigenvalue weighted by Gasteiger charge is -2.32. The van der Waals surface area contributed by atoms with Gasteiger partial charge in [0.05, 0.1) is 0 Å². The summed E-state index contributed by atoms with van der Waals surface area (Å²) in [7, 11) is 1.51. The zero-order chi connectivity index (χ0) is 12.0. The maximum absolute atomic E-state index is 11.7. The molecule has 1 atom stereocenters. The van der Waals surface area contributed by atoms with Gasteiger partial charge in [0, 0.05) is 32.8 Å². The number of halogens is 2. The van der Waals surface area contributed by atoms with Crippen molar-refractivity contribution < 1.29 is 9.53 Å². The Kier molecular flexibility index (Phi) is 12.2. The molecule has 1 rings (SSSR count). The SMILES string of the molecule is CCN1CCC(NC(=O)C(CN)OC)CC1.Cl.Cl. The monoisotopic (exact) mass is 301 g/mol. The Morgan fingerprint density at radius 1 is 1.44 bits per heavy atom. The predicted molar refractivity (Wildman–Crippen MR) is 77.6 cm³/mol. The number of carbonyl (C=O) groups is 1. The van der Waals surface area contributed by atoms with Crippen LogP contribution < -0.4 is 11.1 Å². The van der Waals surface area contributed by atoms with Crippen LogP contribution in [0, 0.1) is 0 Å². The molecule has 7 heteroatoms. The number of likely N-dealkylation sites (tertiary alicyclic amines) is 1. The number of ether oxygens (including phenoxy) is 1. The molecule has 1 unspecified atom stereocenters. The Labute approximate surface area is 122 Å². The largest absolute Gasteiger partial charge is 0.370 e. The minimum Gasteiger partial charge on any atom is -0.370 e. The molecule has 18 heavy (non-hydrogen) atoms. The first-order valence-electron chi connectivity index (χ1n) is 5.96. The molecule has 0 radical (unpaired) electrons. The molecule has 0 aromatic carbocycles. The van der Waals surface area contributed by atoms with E-state index in [1.165, 1.54) is 7.11 Å². The zero-order valence-corrected chi connectivity index (χ0v) is 12.7. The number of piperidine rings is 1. The second kappa shape index (κ2) is 10.8. The summed E-state index contributed by atoms with van der Waals surface area (Å²) in [6.45, 7) is 5.60. The number of hydrogen-bond donors (Lipinski definition) is 2. The third kappa shape index (κ3) is 6.20. The van der Waals surface area contributed by atoms with E-state index in [1.807, 2.05) is 0 Å². The molecular formula is C11H25Cl2N3O2. The Balaban J connectivity index is 0. The van der Waals surface area contributed by atoms with E-state index in [4.69, 9.17) is 10.5 Å². The molecule has 0 bridgehead atoms. The van der Waals surface area contributed by atoms with E-state index in [0.29, 0.717) is 0 Å². The summed E-state index contributed by atoms with van der Waals surface area (Å²) in [5.74, 6) is -0.0834. The smallest absolute Gasteiger partial charge is 0.250 e. The average molecular weight is 302 g/mol. The number of amides is 1. The van der Waals surface area contributed by atoms with Crippen LogP contribution in [-0.4, -0.2) is 56.2 Å².